The third-order valence-corrected chi connectivity index (χ3v) is 4.82. The Kier molecular flexibility index (Phi) is 5.53. The predicted molar refractivity (Wildman–Crippen MR) is 102 cm³/mol. The molecule has 3 nitrogen and oxygen atoms in total. The smallest absolute Gasteiger partial charge is 0.269 e. The Morgan fingerprint density at radius 2 is 1.46 bits per heavy atom. The molecule has 0 aliphatic carbocycles. The summed E-state index contributed by atoms with van der Waals surface area (Å²) in [5, 5.41) is 0. The zero-order valence-corrected chi connectivity index (χ0v) is 16.0. The van der Waals surface area contributed by atoms with Crippen molar-refractivity contribution in [3.8, 4) is 5.75 Å². The van der Waals surface area contributed by atoms with E-state index in [0.717, 1.165) is 15.6 Å². The van der Waals surface area contributed by atoms with Crippen molar-refractivity contribution in [1.29, 1.82) is 0 Å². The molecule has 2 aromatic carbocycles. The summed E-state index contributed by atoms with van der Waals surface area (Å²) in [4.78, 5) is 12.6. The topological polar surface area (TPSA) is 31.2 Å². The summed E-state index contributed by atoms with van der Waals surface area (Å²) in [6.07, 6.45) is 1.76. The molecule has 0 fully saturated rings. The van der Waals surface area contributed by atoms with E-state index in [1.807, 2.05) is 60.7 Å². The van der Waals surface area contributed by atoms with Crippen molar-refractivity contribution in [1.82, 2.24) is 4.57 Å². The molecule has 1 aromatic heterocycles. The Labute approximate surface area is 157 Å². The lowest BCUT2D eigenvalue weighted by molar-refractivity contribution is 0.300. The minimum Gasteiger partial charge on any atom is -0.486 e. The van der Waals surface area contributed by atoms with Crippen LogP contribution in [-0.4, -0.2) is 4.57 Å². The summed E-state index contributed by atoms with van der Waals surface area (Å²) >= 11 is 6.88. The van der Waals surface area contributed by atoms with E-state index in [0.29, 0.717) is 23.4 Å². The average Bonchev–Trinajstić information content (AvgIpc) is 2.61. The molecular weight excluding hydrogens is 434 g/mol. The normalized spacial score (nSPS) is 10.6. The minimum absolute atomic E-state index is 0.120. The molecule has 0 saturated heterocycles. The Morgan fingerprint density at radius 3 is 2.08 bits per heavy atom. The predicted octanol–water partition coefficient (Wildman–Crippen LogP) is 5.00. The van der Waals surface area contributed by atoms with Crippen LogP contribution in [0, 0.1) is 0 Å². The molecule has 0 amide bonds. The van der Waals surface area contributed by atoms with E-state index < -0.39 is 0 Å². The monoisotopic (exact) mass is 447 g/mol. The molecule has 0 saturated carbocycles. The average molecular weight is 449 g/mol. The van der Waals surface area contributed by atoms with Gasteiger partial charge in [0.05, 0.1) is 11.0 Å². The van der Waals surface area contributed by atoms with Gasteiger partial charge in [-0.2, -0.15) is 0 Å². The summed E-state index contributed by atoms with van der Waals surface area (Å²) in [6, 6.07) is 19.7. The molecule has 1 heterocycles. The van der Waals surface area contributed by atoms with Crippen LogP contribution in [0.4, 0.5) is 0 Å². The van der Waals surface area contributed by atoms with Crippen LogP contribution in [0.25, 0.3) is 0 Å². The fourth-order valence-corrected chi connectivity index (χ4v) is 3.72. The molecule has 3 rings (SSSR count). The molecule has 3 aromatic rings. The van der Waals surface area contributed by atoms with Crippen molar-refractivity contribution >= 4 is 31.9 Å². The van der Waals surface area contributed by atoms with Crippen LogP contribution in [-0.2, 0) is 13.2 Å². The van der Waals surface area contributed by atoms with Crippen LogP contribution in [0.15, 0.2) is 80.6 Å². The maximum absolute atomic E-state index is 12.6. The first-order chi connectivity index (χ1) is 11.6. The van der Waals surface area contributed by atoms with Crippen molar-refractivity contribution in [2.45, 2.75) is 13.2 Å². The zero-order chi connectivity index (χ0) is 16.9. The van der Waals surface area contributed by atoms with Gasteiger partial charge in [-0.05, 0) is 43.0 Å². The number of halogens is 2. The Bertz CT molecular complexity index is 877. The van der Waals surface area contributed by atoms with E-state index in [9.17, 15) is 4.79 Å². The molecule has 122 valence electrons. The van der Waals surface area contributed by atoms with Crippen LogP contribution >= 0.6 is 31.9 Å². The molecule has 0 aliphatic heterocycles. The van der Waals surface area contributed by atoms with Gasteiger partial charge in [0, 0.05) is 6.20 Å². The molecule has 0 spiro atoms. The number of aromatic nitrogens is 1. The van der Waals surface area contributed by atoms with Gasteiger partial charge in [0.25, 0.3) is 5.56 Å². The minimum atomic E-state index is -0.120. The highest BCUT2D eigenvalue weighted by Gasteiger charge is 2.14. The second-order valence-corrected chi connectivity index (χ2v) is 6.96. The number of pyridine rings is 1. The first kappa shape index (κ1) is 17.0. The highest BCUT2D eigenvalue weighted by atomic mass is 79.9. The highest BCUT2D eigenvalue weighted by molar-refractivity contribution is 9.11. The number of benzene rings is 2. The van der Waals surface area contributed by atoms with E-state index in [1.165, 1.54) is 0 Å². The third kappa shape index (κ3) is 3.97. The van der Waals surface area contributed by atoms with Crippen LogP contribution in [0.2, 0.25) is 0 Å². The van der Waals surface area contributed by atoms with Crippen LogP contribution in [0.1, 0.15) is 11.1 Å². The molecular formula is C19H15Br2NO2. The van der Waals surface area contributed by atoms with Crippen molar-refractivity contribution < 1.29 is 4.74 Å². The zero-order valence-electron chi connectivity index (χ0n) is 12.8. The maximum Gasteiger partial charge on any atom is 0.269 e. The molecule has 0 radical (unpaired) electrons. The van der Waals surface area contributed by atoms with Gasteiger partial charge in [-0.15, -0.1) is 0 Å². The number of nitrogens with zero attached hydrogens (tertiary/aromatic N) is 1. The summed E-state index contributed by atoms with van der Waals surface area (Å²) in [7, 11) is 0. The van der Waals surface area contributed by atoms with Crippen molar-refractivity contribution in [2.75, 3.05) is 0 Å². The van der Waals surface area contributed by atoms with Gasteiger partial charge in [0.2, 0.25) is 0 Å². The van der Waals surface area contributed by atoms with E-state index in [1.54, 1.807) is 10.8 Å². The lowest BCUT2D eigenvalue weighted by Gasteiger charge is -2.13. The second kappa shape index (κ2) is 7.81. The Balaban J connectivity index is 1.84. The van der Waals surface area contributed by atoms with Gasteiger partial charge in [-0.1, -0.05) is 60.7 Å². The molecule has 5 heteroatoms. The van der Waals surface area contributed by atoms with Crippen molar-refractivity contribution in [3.05, 3.63) is 97.3 Å². The quantitative estimate of drug-likeness (QED) is 0.549. The van der Waals surface area contributed by atoms with Gasteiger partial charge in [-0.3, -0.25) is 4.79 Å². The van der Waals surface area contributed by atoms with E-state index >= 15 is 0 Å². The summed E-state index contributed by atoms with van der Waals surface area (Å²) < 4.78 is 8.64. The second-order valence-electron chi connectivity index (χ2n) is 5.31. The molecule has 24 heavy (non-hydrogen) atoms. The number of ether oxygens (including phenoxy) is 1. The van der Waals surface area contributed by atoms with Crippen LogP contribution in [0.5, 0.6) is 5.75 Å². The van der Waals surface area contributed by atoms with Crippen molar-refractivity contribution in [2.24, 2.45) is 0 Å². The molecule has 0 unspecified atom stereocenters. The molecule has 0 N–H and O–H groups in total. The Morgan fingerprint density at radius 1 is 0.875 bits per heavy atom. The van der Waals surface area contributed by atoms with Crippen LogP contribution < -0.4 is 10.3 Å². The maximum atomic E-state index is 12.6. The lowest BCUT2D eigenvalue weighted by Crippen LogP contribution is -2.22. The van der Waals surface area contributed by atoms with Gasteiger partial charge < -0.3 is 9.30 Å². The van der Waals surface area contributed by atoms with Gasteiger partial charge in [0.15, 0.2) is 5.75 Å². The molecule has 0 bridgehead atoms. The first-order valence-corrected chi connectivity index (χ1v) is 9.03. The van der Waals surface area contributed by atoms with E-state index in [4.69, 9.17) is 4.74 Å². The summed E-state index contributed by atoms with van der Waals surface area (Å²) in [5.74, 6) is 0.521. The third-order valence-electron chi connectivity index (χ3n) is 3.56. The fraction of sp³-hybridized carbons (Fsp3) is 0.105. The molecule has 0 aliphatic rings. The van der Waals surface area contributed by atoms with Gasteiger partial charge >= 0.3 is 0 Å². The largest absolute Gasteiger partial charge is 0.486 e. The highest BCUT2D eigenvalue weighted by Crippen LogP contribution is 2.31. The van der Waals surface area contributed by atoms with Gasteiger partial charge in [0.1, 0.15) is 11.1 Å². The molecule has 0 atom stereocenters. The SMILES string of the molecule is O=c1c(Br)c(OCc2ccccc2)c(Br)cn1Cc1ccccc1. The number of rotatable bonds is 5. The van der Waals surface area contributed by atoms with Gasteiger partial charge in [-0.25, -0.2) is 0 Å². The number of hydrogen-bond acceptors (Lipinski definition) is 2. The standard InChI is InChI=1S/C19H15Br2NO2/c20-16-12-22(11-14-7-3-1-4-8-14)19(23)17(21)18(16)24-13-15-9-5-2-6-10-15/h1-10,12H,11,13H2. The summed E-state index contributed by atoms with van der Waals surface area (Å²) in [6.45, 7) is 0.913. The van der Waals surface area contributed by atoms with E-state index in [2.05, 4.69) is 31.9 Å². The van der Waals surface area contributed by atoms with Crippen molar-refractivity contribution in [3.63, 3.8) is 0 Å². The fourth-order valence-electron chi connectivity index (χ4n) is 2.34. The lowest BCUT2D eigenvalue weighted by atomic mass is 10.2. The number of hydrogen-bond donors (Lipinski definition) is 0. The Hall–Kier alpha value is -1.85. The first-order valence-electron chi connectivity index (χ1n) is 7.44. The summed E-state index contributed by atoms with van der Waals surface area (Å²) in [5.41, 5.74) is 1.99. The van der Waals surface area contributed by atoms with E-state index in [-0.39, 0.29) is 5.56 Å². The van der Waals surface area contributed by atoms with Crippen LogP contribution in [0.3, 0.4) is 0 Å².